The van der Waals surface area contributed by atoms with Crippen LogP contribution in [0.2, 0.25) is 0 Å². The van der Waals surface area contributed by atoms with Crippen molar-refractivity contribution in [2.45, 2.75) is 5.51 Å². The number of thiazole rings is 1. The Morgan fingerprint density at radius 3 is 2.34 bits per heavy atom. The number of anilines is 1. The van der Waals surface area contributed by atoms with Crippen molar-refractivity contribution in [2.24, 2.45) is 0 Å². The first-order valence-corrected chi connectivity index (χ1v) is 13.8. The first-order chi connectivity index (χ1) is 16.5. The molecule has 0 aliphatic heterocycles. The number of nitrogens with zero attached hydrogens (tertiary/aromatic N) is 2. The summed E-state index contributed by atoms with van der Waals surface area (Å²) in [4.78, 5) is 21.2. The largest absolute Gasteiger partial charge is 0.741 e. The third kappa shape index (κ3) is 7.58. The molecule has 0 spiro atoms. The third-order valence-corrected chi connectivity index (χ3v) is 8.11. The number of carbonyl (C=O) groups is 1. The molecule has 0 atom stereocenters. The molecule has 4 aromatic rings. The van der Waals surface area contributed by atoms with E-state index in [-0.39, 0.29) is 27.1 Å². The molecule has 1 N–H and O–H groups in total. The molecule has 0 bridgehead atoms. The lowest BCUT2D eigenvalue weighted by Crippen LogP contribution is -3.61. The number of methoxy groups -OCH3 is 1. The predicted molar refractivity (Wildman–Crippen MR) is 118 cm³/mol. The van der Waals surface area contributed by atoms with E-state index in [2.05, 4.69) is 27.4 Å². The summed E-state index contributed by atoms with van der Waals surface area (Å²) in [5.41, 5.74) is -4.44. The number of hydrogen-bond acceptors (Lipinski definition) is 8. The predicted octanol–water partition coefficient (Wildman–Crippen LogP) is 1.13. The Bertz CT molecular complexity index is 1410. The Kier molecular flexibility index (Phi) is 8.63. The first kappa shape index (κ1) is 26.8. The van der Waals surface area contributed by atoms with E-state index in [9.17, 15) is 18.0 Å². The molecule has 184 valence electrons. The number of amides is 1. The van der Waals surface area contributed by atoms with E-state index in [1.807, 2.05) is 42.5 Å². The van der Waals surface area contributed by atoms with Gasteiger partial charge < -0.3 is 9.29 Å². The summed E-state index contributed by atoms with van der Waals surface area (Å²) in [5.74, 6) is 0.508. The van der Waals surface area contributed by atoms with Crippen molar-refractivity contribution < 1.29 is 56.9 Å². The number of carbonyl (C=O) groups excluding carboxylic acids is 1. The molecule has 0 unspecified atom stereocenters. The maximum absolute atomic E-state index is 12.5. The van der Waals surface area contributed by atoms with Gasteiger partial charge in [-0.2, -0.15) is 13.2 Å². The van der Waals surface area contributed by atoms with Crippen LogP contribution < -0.4 is 31.3 Å². The number of alkyl halides is 3. The first-order valence-electron chi connectivity index (χ1n) is 9.40. The van der Waals surface area contributed by atoms with Gasteiger partial charge in [0.1, 0.15) is 11.4 Å². The zero-order valence-electron chi connectivity index (χ0n) is 17.6. The van der Waals surface area contributed by atoms with Crippen LogP contribution in [0.1, 0.15) is 10.5 Å². The Labute approximate surface area is 212 Å². The van der Waals surface area contributed by atoms with Gasteiger partial charge in [0, 0.05) is 0 Å². The normalized spacial score (nSPS) is 11.5. The van der Waals surface area contributed by atoms with Crippen LogP contribution in [-0.4, -0.2) is 41.5 Å². The Morgan fingerprint density at radius 1 is 1.09 bits per heavy atom. The van der Waals surface area contributed by atoms with Crippen molar-refractivity contribution >= 4 is 42.7 Å². The number of aromatic nitrogens is 2. The molecule has 2 aromatic heterocycles. The number of hydrogen-bond donors (Lipinski definition) is 1. The van der Waals surface area contributed by atoms with Crippen molar-refractivity contribution in [2.75, 3.05) is 12.4 Å². The number of nitrogens with one attached hydrogen (secondary N) is 1. The Hall–Kier alpha value is -2.82. The van der Waals surface area contributed by atoms with Crippen molar-refractivity contribution in [1.29, 1.82) is 0 Å². The minimum absolute atomic E-state index is 0.259. The molecule has 2 heterocycles. The minimum atomic E-state index is -6.09. The molecule has 0 saturated heterocycles. The zero-order chi connectivity index (χ0) is 25.6. The van der Waals surface area contributed by atoms with E-state index in [0.29, 0.717) is 10.8 Å². The lowest BCUT2D eigenvalue weighted by molar-refractivity contribution is -0.597. The second-order valence-electron chi connectivity index (χ2n) is 6.46. The average Bonchev–Trinajstić information content (AvgIpc) is 3.20. The summed E-state index contributed by atoms with van der Waals surface area (Å²) in [6.45, 7) is 0. The summed E-state index contributed by atoms with van der Waals surface area (Å²) in [6, 6.07) is 19.7. The van der Waals surface area contributed by atoms with E-state index in [1.54, 1.807) is 19.4 Å². The number of ether oxygens (including phenoxy) is 1. The second-order valence-corrected chi connectivity index (χ2v) is 11.9. The van der Waals surface area contributed by atoms with Crippen LogP contribution in [0.4, 0.5) is 18.3 Å². The molecule has 1 amide bonds. The summed E-state index contributed by atoms with van der Waals surface area (Å²) in [7, 11) is -4.47. The van der Waals surface area contributed by atoms with Gasteiger partial charge in [0.05, 0.1) is 23.5 Å². The zero-order valence-corrected chi connectivity index (χ0v) is 21.4. The molecule has 8 nitrogen and oxygen atoms in total. The summed E-state index contributed by atoms with van der Waals surface area (Å²) in [6.07, 6.45) is 1.79. The van der Waals surface area contributed by atoms with Crippen LogP contribution in [0.5, 0.6) is 5.75 Å². The number of fused-ring (bicyclic) bond motifs is 1. The topological polar surface area (TPSA) is 121 Å². The van der Waals surface area contributed by atoms with E-state index < -0.39 is 15.6 Å². The fraction of sp³-hybridized carbons (Fsp3) is 0.0952. The summed E-state index contributed by atoms with van der Waals surface area (Å²) >= 11 is 1.12. The SMILES string of the molecule is COc1ccc2nc(NC(=O)c3ccc([I+]c4ccccc4)cn3)sc2c1.O=S(=O)([O-])C(F)(F)F. The maximum atomic E-state index is 12.5. The molecule has 0 aliphatic rings. The highest BCUT2D eigenvalue weighted by molar-refractivity contribution is 7.86. The van der Waals surface area contributed by atoms with Gasteiger partial charge in [-0.25, -0.2) is 18.4 Å². The molecular formula is C21H15F3IN3O5S2. The Morgan fingerprint density at radius 2 is 1.77 bits per heavy atom. The highest BCUT2D eigenvalue weighted by Gasteiger charge is 2.36. The van der Waals surface area contributed by atoms with E-state index in [0.717, 1.165) is 16.0 Å². The standard InChI is InChI=1S/C20H14IN3O2S.CHF3O3S/c1-26-15-8-10-16-18(11-15)27-20(23-16)24-19(25)17-9-7-14(12-22-17)21-13-5-3-2-4-6-13;2-1(3,4)8(5,6)7/h2-12H,1H3;(H,5,6,7). The van der Waals surface area contributed by atoms with Gasteiger partial charge in [-0.15, -0.1) is 0 Å². The van der Waals surface area contributed by atoms with Gasteiger partial charge in [0.2, 0.25) is 3.57 Å². The van der Waals surface area contributed by atoms with E-state index in [1.165, 1.54) is 18.5 Å². The van der Waals surface area contributed by atoms with Crippen molar-refractivity contribution in [3.05, 3.63) is 79.7 Å². The summed E-state index contributed by atoms with van der Waals surface area (Å²) in [5, 5.41) is 3.38. The lowest BCUT2D eigenvalue weighted by atomic mass is 10.3. The summed E-state index contributed by atoms with van der Waals surface area (Å²) < 4.78 is 67.6. The van der Waals surface area contributed by atoms with E-state index in [4.69, 9.17) is 17.7 Å². The van der Waals surface area contributed by atoms with Crippen LogP contribution in [0.3, 0.4) is 0 Å². The molecule has 0 fully saturated rings. The van der Waals surface area contributed by atoms with Crippen LogP contribution in [0.15, 0.2) is 66.9 Å². The van der Waals surface area contributed by atoms with Gasteiger partial charge in [-0.05, 0) is 42.5 Å². The molecule has 35 heavy (non-hydrogen) atoms. The molecule has 4 rings (SSSR count). The van der Waals surface area contributed by atoms with Crippen LogP contribution in [-0.2, 0) is 10.1 Å². The molecule has 2 aromatic carbocycles. The molecule has 0 radical (unpaired) electrons. The van der Waals surface area contributed by atoms with Crippen molar-refractivity contribution in [1.82, 2.24) is 9.97 Å². The number of halogens is 4. The van der Waals surface area contributed by atoms with Crippen LogP contribution in [0.25, 0.3) is 10.2 Å². The molecule has 0 saturated carbocycles. The molecule has 14 heteroatoms. The quantitative estimate of drug-likeness (QED) is 0.198. The smallest absolute Gasteiger partial charge is 0.485 e. The second kappa shape index (κ2) is 11.3. The van der Waals surface area contributed by atoms with Gasteiger partial charge in [-0.3, -0.25) is 10.1 Å². The highest BCUT2D eigenvalue weighted by atomic mass is 127. The minimum Gasteiger partial charge on any atom is -0.741 e. The number of pyridine rings is 1. The van der Waals surface area contributed by atoms with Crippen molar-refractivity contribution in [3.63, 3.8) is 0 Å². The van der Waals surface area contributed by atoms with Gasteiger partial charge in [-0.1, -0.05) is 29.5 Å². The van der Waals surface area contributed by atoms with Crippen molar-refractivity contribution in [3.8, 4) is 5.75 Å². The number of rotatable bonds is 5. The third-order valence-electron chi connectivity index (χ3n) is 4.01. The highest BCUT2D eigenvalue weighted by Crippen LogP contribution is 2.29. The monoisotopic (exact) mass is 637 g/mol. The van der Waals surface area contributed by atoms with Gasteiger partial charge in [0.15, 0.2) is 18.8 Å². The van der Waals surface area contributed by atoms with Gasteiger partial charge >= 0.3 is 26.7 Å². The van der Waals surface area contributed by atoms with Gasteiger partial charge in [0.25, 0.3) is 5.91 Å². The lowest BCUT2D eigenvalue weighted by Gasteiger charge is -2.08. The molecule has 0 aliphatic carbocycles. The Balaban J connectivity index is 0.000000371. The molecular weight excluding hydrogens is 622 g/mol. The fourth-order valence-electron chi connectivity index (χ4n) is 2.42. The average molecular weight is 637 g/mol. The fourth-order valence-corrected chi connectivity index (χ4v) is 5.44. The van der Waals surface area contributed by atoms with E-state index >= 15 is 0 Å². The van der Waals surface area contributed by atoms with Crippen LogP contribution in [0, 0.1) is 7.14 Å². The van der Waals surface area contributed by atoms with Crippen LogP contribution >= 0.6 is 11.3 Å². The number of benzene rings is 2. The maximum Gasteiger partial charge on any atom is 0.485 e.